The van der Waals surface area contributed by atoms with Crippen molar-refractivity contribution in [2.75, 3.05) is 20.2 Å². The molecule has 1 atom stereocenters. The summed E-state index contributed by atoms with van der Waals surface area (Å²) in [5, 5.41) is 3.25. The quantitative estimate of drug-likeness (QED) is 0.797. The highest BCUT2D eigenvalue weighted by molar-refractivity contribution is 5.37. The molecule has 1 rings (SSSR count). The van der Waals surface area contributed by atoms with E-state index in [9.17, 15) is 0 Å². The summed E-state index contributed by atoms with van der Waals surface area (Å²) in [5.74, 6) is 1.60. The summed E-state index contributed by atoms with van der Waals surface area (Å²) in [7, 11) is 2.00. The number of rotatable bonds is 6. The van der Waals surface area contributed by atoms with E-state index in [4.69, 9.17) is 4.74 Å². The van der Waals surface area contributed by atoms with E-state index in [-0.39, 0.29) is 0 Å². The number of hydrogen-bond acceptors (Lipinski definition) is 2. The Bertz CT molecular complexity index is 323. The minimum absolute atomic E-state index is 0.597. The molecule has 16 heavy (non-hydrogen) atoms. The van der Waals surface area contributed by atoms with E-state index in [0.29, 0.717) is 5.92 Å². The molecule has 0 amide bonds. The Hall–Kier alpha value is -1.02. The highest BCUT2D eigenvalue weighted by Gasteiger charge is 2.09. The Balaban J connectivity index is 2.85. The van der Waals surface area contributed by atoms with Crippen LogP contribution < -0.4 is 10.1 Å². The van der Waals surface area contributed by atoms with Crippen molar-refractivity contribution in [1.29, 1.82) is 0 Å². The number of nitrogens with one attached hydrogen (secondary N) is 1. The summed E-state index contributed by atoms with van der Waals surface area (Å²) < 4.78 is 5.55. The first-order chi connectivity index (χ1) is 7.72. The maximum absolute atomic E-state index is 5.55. The Morgan fingerprint density at radius 3 is 2.56 bits per heavy atom. The Morgan fingerprint density at radius 1 is 1.31 bits per heavy atom. The van der Waals surface area contributed by atoms with Gasteiger partial charge in [-0.15, -0.1) is 0 Å². The molecule has 0 saturated heterocycles. The van der Waals surface area contributed by atoms with Crippen LogP contribution in [0.25, 0.3) is 0 Å². The third kappa shape index (κ3) is 3.24. The van der Waals surface area contributed by atoms with Gasteiger partial charge in [-0.3, -0.25) is 0 Å². The van der Waals surface area contributed by atoms with E-state index >= 15 is 0 Å². The lowest BCUT2D eigenvalue weighted by Crippen LogP contribution is -2.16. The summed E-state index contributed by atoms with van der Waals surface area (Å²) in [4.78, 5) is 0. The molecule has 2 nitrogen and oxygen atoms in total. The van der Waals surface area contributed by atoms with E-state index in [2.05, 4.69) is 37.4 Å². The fourth-order valence-corrected chi connectivity index (χ4v) is 1.99. The minimum atomic E-state index is 0.597. The van der Waals surface area contributed by atoms with Gasteiger partial charge in [0.2, 0.25) is 0 Å². The fourth-order valence-electron chi connectivity index (χ4n) is 1.99. The molecule has 0 aromatic heterocycles. The summed E-state index contributed by atoms with van der Waals surface area (Å²) in [5.41, 5.74) is 2.63. The van der Waals surface area contributed by atoms with Crippen LogP contribution in [0.1, 0.15) is 37.3 Å². The molecule has 0 heterocycles. The monoisotopic (exact) mass is 221 g/mol. The molecule has 1 aromatic carbocycles. The van der Waals surface area contributed by atoms with Gasteiger partial charge in [-0.1, -0.05) is 19.1 Å². The highest BCUT2D eigenvalue weighted by atomic mass is 16.5. The zero-order valence-corrected chi connectivity index (χ0v) is 10.8. The second-order valence-corrected chi connectivity index (χ2v) is 4.12. The molecule has 1 N–H and O–H groups in total. The van der Waals surface area contributed by atoms with Gasteiger partial charge in [-0.2, -0.15) is 0 Å². The van der Waals surface area contributed by atoms with E-state index in [1.54, 1.807) is 0 Å². The molecule has 0 aliphatic rings. The fraction of sp³-hybridized carbons (Fsp3) is 0.571. The Morgan fingerprint density at radius 2 is 2.06 bits per heavy atom. The van der Waals surface area contributed by atoms with Crippen LogP contribution in [-0.2, 0) is 0 Å². The first kappa shape index (κ1) is 13.0. The molecule has 0 bridgehead atoms. The Kier molecular flexibility index (Phi) is 5.33. The maximum Gasteiger partial charge on any atom is 0.122 e. The SMILES string of the molecule is CCOc1ccc(C(CC)CNC)cc1C. The molecule has 0 aliphatic heterocycles. The minimum Gasteiger partial charge on any atom is -0.494 e. The summed E-state index contributed by atoms with van der Waals surface area (Å²) in [6.07, 6.45) is 1.16. The first-order valence-corrected chi connectivity index (χ1v) is 6.10. The number of aryl methyl sites for hydroxylation is 1. The normalized spacial score (nSPS) is 12.5. The van der Waals surface area contributed by atoms with Crippen LogP contribution in [0.3, 0.4) is 0 Å². The number of hydrogen-bond donors (Lipinski definition) is 1. The molecule has 0 aliphatic carbocycles. The molecule has 0 fully saturated rings. The van der Waals surface area contributed by atoms with E-state index in [1.807, 2.05) is 14.0 Å². The van der Waals surface area contributed by atoms with Crippen molar-refractivity contribution >= 4 is 0 Å². The van der Waals surface area contributed by atoms with Crippen LogP contribution in [0.15, 0.2) is 18.2 Å². The van der Waals surface area contributed by atoms with Crippen molar-refractivity contribution in [2.24, 2.45) is 0 Å². The topological polar surface area (TPSA) is 21.3 Å². The van der Waals surface area contributed by atoms with Crippen LogP contribution in [0.5, 0.6) is 5.75 Å². The zero-order valence-electron chi connectivity index (χ0n) is 10.8. The predicted octanol–water partition coefficient (Wildman–Crippen LogP) is 3.11. The van der Waals surface area contributed by atoms with E-state index < -0.39 is 0 Å². The maximum atomic E-state index is 5.55. The van der Waals surface area contributed by atoms with E-state index in [0.717, 1.165) is 25.3 Å². The molecular formula is C14H23NO. The molecule has 0 spiro atoms. The van der Waals surface area contributed by atoms with Crippen LogP contribution in [0, 0.1) is 6.92 Å². The van der Waals surface area contributed by atoms with Crippen molar-refractivity contribution in [3.8, 4) is 5.75 Å². The van der Waals surface area contributed by atoms with Crippen molar-refractivity contribution in [3.05, 3.63) is 29.3 Å². The molecule has 0 saturated carbocycles. The van der Waals surface area contributed by atoms with Crippen molar-refractivity contribution in [3.63, 3.8) is 0 Å². The number of likely N-dealkylation sites (N-methyl/N-ethyl adjacent to an activating group) is 1. The predicted molar refractivity (Wildman–Crippen MR) is 69.3 cm³/mol. The van der Waals surface area contributed by atoms with Crippen LogP contribution in [0.2, 0.25) is 0 Å². The van der Waals surface area contributed by atoms with Gasteiger partial charge in [0.15, 0.2) is 0 Å². The average Bonchev–Trinajstić information content (AvgIpc) is 2.29. The smallest absolute Gasteiger partial charge is 0.122 e. The molecule has 1 unspecified atom stereocenters. The third-order valence-electron chi connectivity index (χ3n) is 2.91. The van der Waals surface area contributed by atoms with Gasteiger partial charge in [0.25, 0.3) is 0 Å². The number of benzene rings is 1. The van der Waals surface area contributed by atoms with Crippen molar-refractivity contribution in [2.45, 2.75) is 33.1 Å². The van der Waals surface area contributed by atoms with Gasteiger partial charge in [-0.25, -0.2) is 0 Å². The standard InChI is InChI=1S/C14H23NO/c1-5-12(10-15-4)13-7-8-14(16-6-2)11(3)9-13/h7-9,12,15H,5-6,10H2,1-4H3. The third-order valence-corrected chi connectivity index (χ3v) is 2.91. The molecule has 2 heteroatoms. The second kappa shape index (κ2) is 6.54. The summed E-state index contributed by atoms with van der Waals surface area (Å²) >= 11 is 0. The number of ether oxygens (including phenoxy) is 1. The van der Waals surface area contributed by atoms with Gasteiger partial charge in [0, 0.05) is 6.54 Å². The molecular weight excluding hydrogens is 198 g/mol. The largest absolute Gasteiger partial charge is 0.494 e. The first-order valence-electron chi connectivity index (χ1n) is 6.10. The van der Waals surface area contributed by atoms with Gasteiger partial charge in [-0.05, 0) is 50.4 Å². The average molecular weight is 221 g/mol. The van der Waals surface area contributed by atoms with Crippen molar-refractivity contribution in [1.82, 2.24) is 5.32 Å². The van der Waals surface area contributed by atoms with Gasteiger partial charge in [0.1, 0.15) is 5.75 Å². The lowest BCUT2D eigenvalue weighted by Gasteiger charge is -2.16. The molecule has 90 valence electrons. The van der Waals surface area contributed by atoms with Gasteiger partial charge < -0.3 is 10.1 Å². The lowest BCUT2D eigenvalue weighted by molar-refractivity contribution is 0.337. The van der Waals surface area contributed by atoms with Gasteiger partial charge in [0.05, 0.1) is 6.61 Å². The molecule has 1 aromatic rings. The van der Waals surface area contributed by atoms with E-state index in [1.165, 1.54) is 11.1 Å². The second-order valence-electron chi connectivity index (χ2n) is 4.12. The highest BCUT2D eigenvalue weighted by Crippen LogP contribution is 2.25. The van der Waals surface area contributed by atoms with Crippen molar-refractivity contribution < 1.29 is 4.74 Å². The van der Waals surface area contributed by atoms with Gasteiger partial charge >= 0.3 is 0 Å². The van der Waals surface area contributed by atoms with Crippen LogP contribution in [-0.4, -0.2) is 20.2 Å². The Labute approximate surface area is 99.0 Å². The lowest BCUT2D eigenvalue weighted by atomic mass is 9.95. The zero-order chi connectivity index (χ0) is 12.0. The van der Waals surface area contributed by atoms with Crippen LogP contribution >= 0.6 is 0 Å². The molecule has 0 radical (unpaired) electrons. The summed E-state index contributed by atoms with van der Waals surface area (Å²) in [6, 6.07) is 6.52. The van der Waals surface area contributed by atoms with Crippen LogP contribution in [0.4, 0.5) is 0 Å². The summed E-state index contributed by atoms with van der Waals surface area (Å²) in [6.45, 7) is 8.12.